The molecule has 2 aromatic carbocycles. The largest absolute Gasteiger partial charge is 0.325 e. The second-order valence-corrected chi connectivity index (χ2v) is 7.08. The van der Waals surface area contributed by atoms with E-state index in [1.54, 1.807) is 29.2 Å². The standard InChI is InChI=1S/C19H18Cl2N2O2/c1-11-6-7-14(20)9-16(11)22-19(25)13-8-18(24)23(10-13)17-5-3-4-15(21)12(17)2/h3-7,9,13H,8,10H2,1-2H3,(H,22,25)/t13-/m0/s1. The third-order valence-corrected chi connectivity index (χ3v) is 5.13. The minimum atomic E-state index is -0.413. The summed E-state index contributed by atoms with van der Waals surface area (Å²) in [5, 5.41) is 4.04. The van der Waals surface area contributed by atoms with E-state index in [4.69, 9.17) is 23.2 Å². The number of hydrogen-bond acceptors (Lipinski definition) is 2. The maximum Gasteiger partial charge on any atom is 0.229 e. The molecule has 0 unspecified atom stereocenters. The molecule has 6 heteroatoms. The molecule has 0 aliphatic carbocycles. The molecule has 2 aromatic rings. The Morgan fingerprint density at radius 2 is 1.96 bits per heavy atom. The number of aryl methyl sites for hydroxylation is 1. The van der Waals surface area contributed by atoms with Gasteiger partial charge >= 0.3 is 0 Å². The Hall–Kier alpha value is -2.04. The summed E-state index contributed by atoms with van der Waals surface area (Å²) in [6.45, 7) is 4.10. The van der Waals surface area contributed by atoms with Gasteiger partial charge in [0.15, 0.2) is 0 Å². The summed E-state index contributed by atoms with van der Waals surface area (Å²) >= 11 is 12.1. The zero-order chi connectivity index (χ0) is 18.1. The fourth-order valence-corrected chi connectivity index (χ4v) is 3.31. The van der Waals surface area contributed by atoms with Crippen LogP contribution in [0.25, 0.3) is 0 Å². The molecule has 0 bridgehead atoms. The number of halogens is 2. The van der Waals surface area contributed by atoms with Crippen molar-refractivity contribution in [1.82, 2.24) is 0 Å². The third kappa shape index (κ3) is 3.65. The summed E-state index contributed by atoms with van der Waals surface area (Å²) in [7, 11) is 0. The number of amides is 2. The molecule has 4 nitrogen and oxygen atoms in total. The highest BCUT2D eigenvalue weighted by atomic mass is 35.5. The van der Waals surface area contributed by atoms with Crippen LogP contribution in [0.2, 0.25) is 10.0 Å². The molecule has 1 heterocycles. The lowest BCUT2D eigenvalue weighted by atomic mass is 10.1. The van der Waals surface area contributed by atoms with Gasteiger partial charge in [-0.25, -0.2) is 0 Å². The lowest BCUT2D eigenvalue weighted by molar-refractivity contribution is -0.122. The summed E-state index contributed by atoms with van der Waals surface area (Å²) in [6, 6.07) is 10.8. The average molecular weight is 377 g/mol. The van der Waals surface area contributed by atoms with Crippen LogP contribution in [-0.2, 0) is 9.59 Å². The molecule has 0 saturated carbocycles. The highest BCUT2D eigenvalue weighted by molar-refractivity contribution is 6.32. The smallest absolute Gasteiger partial charge is 0.229 e. The van der Waals surface area contributed by atoms with Gasteiger partial charge in [-0.15, -0.1) is 0 Å². The highest BCUT2D eigenvalue weighted by Gasteiger charge is 2.36. The van der Waals surface area contributed by atoms with Crippen molar-refractivity contribution in [3.8, 4) is 0 Å². The van der Waals surface area contributed by atoms with Gasteiger partial charge in [-0.3, -0.25) is 9.59 Å². The molecule has 0 radical (unpaired) electrons. The van der Waals surface area contributed by atoms with Crippen LogP contribution in [0.4, 0.5) is 11.4 Å². The first kappa shape index (κ1) is 17.8. The lowest BCUT2D eigenvalue weighted by Crippen LogP contribution is -2.28. The Bertz CT molecular complexity index is 851. The van der Waals surface area contributed by atoms with Crippen molar-refractivity contribution < 1.29 is 9.59 Å². The fraction of sp³-hybridized carbons (Fsp3) is 0.263. The molecular weight excluding hydrogens is 359 g/mol. The molecule has 130 valence electrons. The average Bonchev–Trinajstić information content (AvgIpc) is 2.95. The van der Waals surface area contributed by atoms with E-state index in [0.717, 1.165) is 16.8 Å². The Labute approximate surface area is 156 Å². The number of carbonyl (C=O) groups is 2. The second kappa shape index (κ2) is 7.06. The van der Waals surface area contributed by atoms with E-state index in [-0.39, 0.29) is 18.2 Å². The highest BCUT2D eigenvalue weighted by Crippen LogP contribution is 2.32. The van der Waals surface area contributed by atoms with Crippen LogP contribution in [0.15, 0.2) is 36.4 Å². The van der Waals surface area contributed by atoms with E-state index in [2.05, 4.69) is 5.32 Å². The number of nitrogens with zero attached hydrogens (tertiary/aromatic N) is 1. The van der Waals surface area contributed by atoms with Gasteiger partial charge in [0, 0.05) is 34.4 Å². The van der Waals surface area contributed by atoms with Gasteiger partial charge < -0.3 is 10.2 Å². The van der Waals surface area contributed by atoms with Crippen molar-refractivity contribution in [2.75, 3.05) is 16.8 Å². The van der Waals surface area contributed by atoms with Crippen molar-refractivity contribution in [2.45, 2.75) is 20.3 Å². The Morgan fingerprint density at radius 3 is 2.72 bits per heavy atom. The molecular formula is C19H18Cl2N2O2. The van der Waals surface area contributed by atoms with Gasteiger partial charge in [-0.1, -0.05) is 35.3 Å². The van der Waals surface area contributed by atoms with Crippen molar-refractivity contribution in [3.63, 3.8) is 0 Å². The molecule has 2 amide bonds. The van der Waals surface area contributed by atoms with E-state index in [1.807, 2.05) is 26.0 Å². The van der Waals surface area contributed by atoms with Gasteiger partial charge in [0.05, 0.1) is 5.92 Å². The molecule has 25 heavy (non-hydrogen) atoms. The van der Waals surface area contributed by atoms with Crippen molar-refractivity contribution in [1.29, 1.82) is 0 Å². The third-order valence-electron chi connectivity index (χ3n) is 4.48. The van der Waals surface area contributed by atoms with Crippen LogP contribution in [0.1, 0.15) is 17.5 Å². The number of carbonyl (C=O) groups excluding carboxylic acids is 2. The van der Waals surface area contributed by atoms with Crippen LogP contribution in [-0.4, -0.2) is 18.4 Å². The van der Waals surface area contributed by atoms with E-state index < -0.39 is 5.92 Å². The molecule has 0 aromatic heterocycles. The molecule has 1 aliphatic rings. The molecule has 1 aliphatic heterocycles. The van der Waals surface area contributed by atoms with E-state index in [9.17, 15) is 9.59 Å². The van der Waals surface area contributed by atoms with Gasteiger partial charge in [-0.05, 0) is 49.2 Å². The monoisotopic (exact) mass is 376 g/mol. The maximum absolute atomic E-state index is 12.6. The normalized spacial score (nSPS) is 17.0. The number of rotatable bonds is 3. The summed E-state index contributed by atoms with van der Waals surface area (Å²) in [5.41, 5.74) is 3.18. The predicted octanol–water partition coefficient (Wildman–Crippen LogP) is 4.60. The maximum atomic E-state index is 12.6. The summed E-state index contributed by atoms with van der Waals surface area (Å²) in [5.74, 6) is -0.668. The fourth-order valence-electron chi connectivity index (χ4n) is 2.97. The van der Waals surface area contributed by atoms with E-state index in [1.165, 1.54) is 0 Å². The van der Waals surface area contributed by atoms with E-state index >= 15 is 0 Å². The first-order valence-corrected chi connectivity index (χ1v) is 8.75. The summed E-state index contributed by atoms with van der Waals surface area (Å²) < 4.78 is 0. The topological polar surface area (TPSA) is 49.4 Å². The minimum Gasteiger partial charge on any atom is -0.325 e. The van der Waals surface area contributed by atoms with Crippen LogP contribution < -0.4 is 10.2 Å². The Kier molecular flexibility index (Phi) is 5.02. The van der Waals surface area contributed by atoms with Gasteiger partial charge in [0.2, 0.25) is 11.8 Å². The Balaban J connectivity index is 1.77. The van der Waals surface area contributed by atoms with E-state index in [0.29, 0.717) is 22.3 Å². The zero-order valence-corrected chi connectivity index (χ0v) is 15.5. The Morgan fingerprint density at radius 1 is 1.20 bits per heavy atom. The number of anilines is 2. The summed E-state index contributed by atoms with van der Waals surface area (Å²) in [4.78, 5) is 26.6. The molecule has 1 fully saturated rings. The molecule has 3 rings (SSSR count). The quantitative estimate of drug-likeness (QED) is 0.850. The first-order chi connectivity index (χ1) is 11.9. The molecule has 1 N–H and O–H groups in total. The molecule has 1 saturated heterocycles. The molecule has 1 atom stereocenters. The SMILES string of the molecule is Cc1ccc(Cl)cc1NC(=O)[C@H]1CC(=O)N(c2cccc(Cl)c2C)C1. The molecule has 0 spiro atoms. The van der Waals surface area contributed by atoms with Crippen LogP contribution in [0.3, 0.4) is 0 Å². The number of hydrogen-bond donors (Lipinski definition) is 1. The summed E-state index contributed by atoms with van der Waals surface area (Å²) in [6.07, 6.45) is 0.178. The van der Waals surface area contributed by atoms with Gasteiger partial charge in [0.25, 0.3) is 0 Å². The number of benzene rings is 2. The van der Waals surface area contributed by atoms with Crippen LogP contribution in [0, 0.1) is 19.8 Å². The predicted molar refractivity (Wildman–Crippen MR) is 101 cm³/mol. The van der Waals surface area contributed by atoms with Crippen molar-refractivity contribution >= 4 is 46.4 Å². The van der Waals surface area contributed by atoms with Gasteiger partial charge in [-0.2, -0.15) is 0 Å². The zero-order valence-electron chi connectivity index (χ0n) is 14.0. The lowest BCUT2D eigenvalue weighted by Gasteiger charge is -2.19. The van der Waals surface area contributed by atoms with Crippen LogP contribution >= 0.6 is 23.2 Å². The minimum absolute atomic E-state index is 0.0756. The first-order valence-electron chi connectivity index (χ1n) is 7.99. The van der Waals surface area contributed by atoms with Crippen molar-refractivity contribution in [2.24, 2.45) is 5.92 Å². The number of nitrogens with one attached hydrogen (secondary N) is 1. The van der Waals surface area contributed by atoms with Crippen molar-refractivity contribution in [3.05, 3.63) is 57.6 Å². The second-order valence-electron chi connectivity index (χ2n) is 6.24. The van der Waals surface area contributed by atoms with Gasteiger partial charge in [0.1, 0.15) is 0 Å². The van der Waals surface area contributed by atoms with Crippen LogP contribution in [0.5, 0.6) is 0 Å².